The standard InChI is InChI=1S/C28H28O12/c1-10(29)21-19(39-4)8-17(32)13(25(21)35)6-15-24(34)16(28(38)23(12(3)31)27(15)37)7-14-18(33)9-20(40-5)22(11(2)30)26(14)36/h8-9,32-38H,6-7H2,1-5H3. The van der Waals surface area contributed by atoms with Crippen molar-refractivity contribution in [1.82, 2.24) is 0 Å². The molecule has 3 aromatic rings. The van der Waals surface area contributed by atoms with Crippen molar-refractivity contribution in [1.29, 1.82) is 0 Å². The number of methoxy groups -OCH3 is 2. The van der Waals surface area contributed by atoms with Gasteiger partial charge in [0.05, 0.1) is 14.2 Å². The van der Waals surface area contributed by atoms with E-state index in [4.69, 9.17) is 9.47 Å². The van der Waals surface area contributed by atoms with E-state index in [9.17, 15) is 50.1 Å². The highest BCUT2D eigenvalue weighted by Gasteiger charge is 2.31. The highest BCUT2D eigenvalue weighted by molar-refractivity contribution is 6.02. The number of benzene rings is 3. The Hall–Kier alpha value is -5.13. The van der Waals surface area contributed by atoms with Crippen molar-refractivity contribution < 1.29 is 59.6 Å². The Kier molecular flexibility index (Phi) is 8.04. The molecule has 3 rings (SSSR count). The lowest BCUT2D eigenvalue weighted by molar-refractivity contribution is 0.0998. The molecule has 0 saturated carbocycles. The largest absolute Gasteiger partial charge is 0.507 e. The van der Waals surface area contributed by atoms with Crippen molar-refractivity contribution in [3.05, 3.63) is 51.1 Å². The number of hydrogen-bond donors (Lipinski definition) is 7. The van der Waals surface area contributed by atoms with Crippen LogP contribution < -0.4 is 9.47 Å². The highest BCUT2D eigenvalue weighted by Crippen LogP contribution is 2.49. The summed E-state index contributed by atoms with van der Waals surface area (Å²) in [6.07, 6.45) is -1.29. The van der Waals surface area contributed by atoms with Crippen LogP contribution in [0.3, 0.4) is 0 Å². The van der Waals surface area contributed by atoms with Crippen LogP contribution in [0.4, 0.5) is 0 Å². The van der Waals surface area contributed by atoms with Gasteiger partial charge < -0.3 is 45.2 Å². The van der Waals surface area contributed by atoms with Crippen LogP contribution in [0, 0.1) is 0 Å². The molecule has 0 atom stereocenters. The maximum Gasteiger partial charge on any atom is 0.167 e. The van der Waals surface area contributed by atoms with Crippen molar-refractivity contribution in [2.45, 2.75) is 33.6 Å². The molecule has 0 spiro atoms. The summed E-state index contributed by atoms with van der Waals surface area (Å²) in [4.78, 5) is 36.7. The third-order valence-electron chi connectivity index (χ3n) is 6.51. The third-order valence-corrected chi connectivity index (χ3v) is 6.51. The number of phenolic OH excluding ortho intramolecular Hbond substituents is 7. The molecule has 40 heavy (non-hydrogen) atoms. The molecule has 0 heterocycles. The van der Waals surface area contributed by atoms with Crippen LogP contribution in [0.25, 0.3) is 0 Å². The second-order valence-corrected chi connectivity index (χ2v) is 9.00. The maximum atomic E-state index is 12.4. The normalized spacial score (nSPS) is 10.8. The summed E-state index contributed by atoms with van der Waals surface area (Å²) in [7, 11) is 2.43. The van der Waals surface area contributed by atoms with Gasteiger partial charge in [0, 0.05) is 47.2 Å². The summed E-state index contributed by atoms with van der Waals surface area (Å²) in [5.41, 5.74) is -2.74. The first-order valence-corrected chi connectivity index (χ1v) is 11.7. The lowest BCUT2D eigenvalue weighted by Gasteiger charge is -2.20. The minimum absolute atomic E-state index is 0.137. The molecule has 0 amide bonds. The molecule has 12 heteroatoms. The average molecular weight is 557 g/mol. The number of carbonyl (C=O) groups is 3. The van der Waals surface area contributed by atoms with Crippen LogP contribution in [0.2, 0.25) is 0 Å². The van der Waals surface area contributed by atoms with E-state index in [-0.39, 0.29) is 33.8 Å². The van der Waals surface area contributed by atoms with Crippen molar-refractivity contribution in [3.63, 3.8) is 0 Å². The van der Waals surface area contributed by atoms with E-state index in [1.807, 2.05) is 0 Å². The zero-order valence-electron chi connectivity index (χ0n) is 22.2. The van der Waals surface area contributed by atoms with Gasteiger partial charge in [0.1, 0.15) is 68.4 Å². The predicted molar refractivity (Wildman–Crippen MR) is 140 cm³/mol. The zero-order valence-corrected chi connectivity index (χ0v) is 22.2. The predicted octanol–water partition coefficient (Wildman–Crippen LogP) is 3.43. The summed E-state index contributed by atoms with van der Waals surface area (Å²) < 4.78 is 10.1. The van der Waals surface area contributed by atoms with Crippen molar-refractivity contribution in [2.75, 3.05) is 14.2 Å². The molecule has 0 aliphatic rings. The summed E-state index contributed by atoms with van der Waals surface area (Å²) in [6.45, 7) is 3.30. The van der Waals surface area contributed by atoms with Crippen LogP contribution >= 0.6 is 0 Å². The smallest absolute Gasteiger partial charge is 0.167 e. The second-order valence-electron chi connectivity index (χ2n) is 9.00. The number of carbonyl (C=O) groups excluding carboxylic acids is 3. The monoisotopic (exact) mass is 556 g/mol. The van der Waals surface area contributed by atoms with E-state index in [2.05, 4.69) is 0 Å². The number of hydrogen-bond acceptors (Lipinski definition) is 12. The molecule has 7 N–H and O–H groups in total. The van der Waals surface area contributed by atoms with Crippen LogP contribution in [-0.4, -0.2) is 67.3 Å². The molecule has 0 aliphatic carbocycles. The zero-order chi connectivity index (χ0) is 30.2. The van der Waals surface area contributed by atoms with Crippen LogP contribution in [0.15, 0.2) is 12.1 Å². The SMILES string of the molecule is COc1cc(O)c(Cc2c(O)c(Cc3c(O)cc(OC)c(C(C)=O)c3O)c(O)c(C(C)=O)c2O)c(O)c1C(C)=O. The van der Waals surface area contributed by atoms with Crippen molar-refractivity contribution >= 4 is 17.3 Å². The summed E-state index contributed by atoms with van der Waals surface area (Å²) >= 11 is 0. The van der Waals surface area contributed by atoms with Crippen LogP contribution in [0.5, 0.6) is 51.7 Å². The molecule has 12 nitrogen and oxygen atoms in total. The molecular weight excluding hydrogens is 528 g/mol. The molecule has 0 aromatic heterocycles. The van der Waals surface area contributed by atoms with E-state index in [1.54, 1.807) is 0 Å². The van der Waals surface area contributed by atoms with Crippen LogP contribution in [-0.2, 0) is 12.8 Å². The summed E-state index contributed by atoms with van der Waals surface area (Å²) in [6, 6.07) is 2.09. The number of rotatable bonds is 9. The highest BCUT2D eigenvalue weighted by atomic mass is 16.5. The fourth-order valence-corrected chi connectivity index (χ4v) is 4.54. The molecule has 0 bridgehead atoms. The molecule has 0 aliphatic heterocycles. The van der Waals surface area contributed by atoms with Crippen molar-refractivity contribution in [2.24, 2.45) is 0 Å². The van der Waals surface area contributed by atoms with Gasteiger partial charge in [0.25, 0.3) is 0 Å². The third kappa shape index (κ3) is 4.86. The Balaban J connectivity index is 2.33. The maximum absolute atomic E-state index is 12.4. The van der Waals surface area contributed by atoms with E-state index >= 15 is 0 Å². The molecule has 0 fully saturated rings. The Labute approximate surface area is 227 Å². The van der Waals surface area contributed by atoms with Gasteiger partial charge in [0.2, 0.25) is 0 Å². The van der Waals surface area contributed by atoms with Gasteiger partial charge in [-0.25, -0.2) is 0 Å². The van der Waals surface area contributed by atoms with Gasteiger partial charge in [-0.3, -0.25) is 14.4 Å². The Bertz CT molecular complexity index is 1460. The van der Waals surface area contributed by atoms with E-state index in [0.29, 0.717) is 0 Å². The molecule has 3 aromatic carbocycles. The molecule has 0 unspecified atom stereocenters. The summed E-state index contributed by atoms with van der Waals surface area (Å²) in [5, 5.41) is 75.6. The minimum atomic E-state index is -0.877. The van der Waals surface area contributed by atoms with Gasteiger partial charge in [0.15, 0.2) is 17.3 Å². The molecule has 212 valence electrons. The lowest BCUT2D eigenvalue weighted by atomic mass is 9.89. The first-order valence-electron chi connectivity index (χ1n) is 11.7. The molecule has 0 radical (unpaired) electrons. The van der Waals surface area contributed by atoms with Gasteiger partial charge in [-0.1, -0.05) is 0 Å². The number of ether oxygens (including phenoxy) is 2. The van der Waals surface area contributed by atoms with E-state index < -0.39 is 87.1 Å². The fraction of sp³-hybridized carbons (Fsp3) is 0.250. The van der Waals surface area contributed by atoms with E-state index in [0.717, 1.165) is 32.9 Å². The minimum Gasteiger partial charge on any atom is -0.507 e. The average Bonchev–Trinajstić information content (AvgIpc) is 2.85. The Morgan fingerprint density at radius 3 is 1.10 bits per heavy atom. The fourth-order valence-electron chi connectivity index (χ4n) is 4.54. The second kappa shape index (κ2) is 10.9. The number of phenols is 7. The number of ketones is 3. The van der Waals surface area contributed by atoms with Crippen LogP contribution in [0.1, 0.15) is 74.1 Å². The van der Waals surface area contributed by atoms with Gasteiger partial charge >= 0.3 is 0 Å². The number of aromatic hydroxyl groups is 7. The summed E-state index contributed by atoms with van der Waals surface area (Å²) in [5.74, 6) is -7.49. The first kappa shape index (κ1) is 29.4. The number of Topliss-reactive ketones (excluding diaryl/α,β-unsaturated/α-hetero) is 3. The Morgan fingerprint density at radius 1 is 0.525 bits per heavy atom. The Morgan fingerprint density at radius 2 is 0.825 bits per heavy atom. The van der Waals surface area contributed by atoms with Crippen molar-refractivity contribution in [3.8, 4) is 51.7 Å². The van der Waals surface area contributed by atoms with E-state index in [1.165, 1.54) is 14.2 Å². The first-order chi connectivity index (χ1) is 18.7. The van der Waals surface area contributed by atoms with Gasteiger partial charge in [-0.05, 0) is 20.8 Å². The lowest BCUT2D eigenvalue weighted by Crippen LogP contribution is -2.06. The topological polar surface area (TPSA) is 211 Å². The molecule has 0 saturated heterocycles. The molecular formula is C28H28O12. The van der Waals surface area contributed by atoms with Gasteiger partial charge in [-0.2, -0.15) is 0 Å². The quantitative estimate of drug-likeness (QED) is 0.189. The van der Waals surface area contributed by atoms with Gasteiger partial charge in [-0.15, -0.1) is 0 Å².